The molecule has 0 spiro atoms. The van der Waals surface area contributed by atoms with Crippen LogP contribution in [0.25, 0.3) is 0 Å². The molecular formula is C53H74N14O22. The van der Waals surface area contributed by atoms with Crippen molar-refractivity contribution in [3.63, 3.8) is 0 Å². The SMILES string of the molecule is C[C@H](NC(=O)[C@H](CC(=O)O)NC(=O)CNc1c(NCCCC(C(=O)O)N2CCN(CC(=O)O)CCN(CC(=O)O)CCN(CC(=O)O)CC2)c(=O)c1=O)C(=O)N[C@@H](Cc1c[nH]cn1)C(=O)N[C@@H](CO)C(=O)N[C@@H](Cc1ccccc1)C(=O)N[C@@H](CO)C(=O)O. The van der Waals surface area contributed by atoms with Crippen LogP contribution in [0.2, 0.25) is 0 Å². The van der Waals surface area contributed by atoms with E-state index in [9.17, 15) is 108 Å². The second-order valence-corrected chi connectivity index (χ2v) is 20.6. The van der Waals surface area contributed by atoms with Gasteiger partial charge in [-0.25, -0.2) is 9.78 Å². The van der Waals surface area contributed by atoms with Crippen LogP contribution in [0.4, 0.5) is 11.4 Å². The van der Waals surface area contributed by atoms with Crippen LogP contribution in [0.1, 0.15) is 37.4 Å². The fourth-order valence-corrected chi connectivity index (χ4v) is 9.16. The number of benzene rings is 1. The molecule has 1 aromatic heterocycles. The third kappa shape index (κ3) is 24.3. The van der Waals surface area contributed by atoms with Crippen LogP contribution in [-0.2, 0) is 70.4 Å². The average molecular weight is 1260 g/mol. The van der Waals surface area contributed by atoms with E-state index in [1.165, 1.54) is 22.3 Å². The fraction of sp³-hybridized carbons (Fsp3) is 0.528. The van der Waals surface area contributed by atoms with Gasteiger partial charge in [0.25, 0.3) is 10.9 Å². The Bertz CT molecular complexity index is 2980. The van der Waals surface area contributed by atoms with Gasteiger partial charge in [0.05, 0.1) is 57.8 Å². The normalized spacial score (nSPS) is 16.2. The number of aromatic amines is 1. The molecule has 488 valence electrons. The van der Waals surface area contributed by atoms with Crippen molar-refractivity contribution in [3.8, 4) is 0 Å². The van der Waals surface area contributed by atoms with E-state index in [0.717, 1.165) is 6.92 Å². The molecule has 36 nitrogen and oxygen atoms in total. The Morgan fingerprint density at radius 3 is 1.49 bits per heavy atom. The highest BCUT2D eigenvalue weighted by atomic mass is 16.4. The summed E-state index contributed by atoms with van der Waals surface area (Å²) < 4.78 is 0. The van der Waals surface area contributed by atoms with E-state index >= 15 is 0 Å². The number of amides is 6. The van der Waals surface area contributed by atoms with Crippen LogP contribution in [0.15, 0.2) is 52.4 Å². The molecule has 2 aromatic carbocycles. The minimum Gasteiger partial charge on any atom is -0.481 e. The summed E-state index contributed by atoms with van der Waals surface area (Å²) in [6.45, 7) is -2.65. The van der Waals surface area contributed by atoms with E-state index < -0.39 is 164 Å². The van der Waals surface area contributed by atoms with Crippen molar-refractivity contribution < 1.29 is 98.4 Å². The summed E-state index contributed by atoms with van der Waals surface area (Å²) in [7, 11) is 0. The number of rotatable bonds is 36. The molecule has 1 fully saturated rings. The quantitative estimate of drug-likeness (QED) is 0.0190. The van der Waals surface area contributed by atoms with Gasteiger partial charge in [0, 0.05) is 77.9 Å². The highest BCUT2D eigenvalue weighted by Crippen LogP contribution is 2.16. The molecule has 0 bridgehead atoms. The number of hydrogen-bond donors (Lipinski definition) is 17. The molecule has 0 saturated carbocycles. The minimum absolute atomic E-state index is 0.000536. The van der Waals surface area contributed by atoms with Crippen LogP contribution in [0.5, 0.6) is 0 Å². The van der Waals surface area contributed by atoms with Crippen LogP contribution < -0.4 is 53.4 Å². The second kappa shape index (κ2) is 36.0. The first kappa shape index (κ1) is 72.0. The number of aliphatic hydroxyl groups excluding tert-OH is 2. The number of aromatic nitrogens is 2. The third-order valence-corrected chi connectivity index (χ3v) is 13.9. The molecule has 89 heavy (non-hydrogen) atoms. The Labute approximate surface area is 506 Å². The minimum atomic E-state index is -1.88. The van der Waals surface area contributed by atoms with Crippen molar-refractivity contribution in [1.82, 2.24) is 61.5 Å². The number of imidazole rings is 1. The molecule has 17 N–H and O–H groups in total. The Balaban J connectivity index is 1.38. The molecule has 3 aromatic rings. The molecule has 7 atom stereocenters. The first-order valence-corrected chi connectivity index (χ1v) is 27.8. The maximum atomic E-state index is 13.8. The number of nitrogens with one attached hydrogen (secondary N) is 9. The molecule has 1 aliphatic heterocycles. The van der Waals surface area contributed by atoms with Crippen molar-refractivity contribution in [2.75, 3.05) is 109 Å². The first-order valence-electron chi connectivity index (χ1n) is 27.8. The van der Waals surface area contributed by atoms with Crippen molar-refractivity contribution in [2.45, 2.75) is 81.3 Å². The summed E-state index contributed by atoms with van der Waals surface area (Å²) in [5, 5.41) is 96.3. The number of aliphatic carboxylic acids is 6. The molecule has 1 aliphatic rings. The zero-order valence-electron chi connectivity index (χ0n) is 48.3. The van der Waals surface area contributed by atoms with Gasteiger partial charge in [0.15, 0.2) is 0 Å². The lowest BCUT2D eigenvalue weighted by molar-refractivity contribution is -0.145. The Kier molecular flexibility index (Phi) is 29.1. The molecule has 2 heterocycles. The van der Waals surface area contributed by atoms with Gasteiger partial charge in [0.1, 0.15) is 53.7 Å². The van der Waals surface area contributed by atoms with Gasteiger partial charge in [-0.1, -0.05) is 30.3 Å². The molecule has 1 saturated heterocycles. The van der Waals surface area contributed by atoms with Gasteiger partial charge >= 0.3 is 35.8 Å². The largest absolute Gasteiger partial charge is 0.481 e. The van der Waals surface area contributed by atoms with E-state index in [1.54, 1.807) is 40.1 Å². The average Bonchev–Trinajstić information content (AvgIpc) is 1.19. The summed E-state index contributed by atoms with van der Waals surface area (Å²) in [5.41, 5.74) is -2.05. The lowest BCUT2D eigenvalue weighted by Gasteiger charge is -2.35. The highest BCUT2D eigenvalue weighted by molar-refractivity contribution is 5.98. The van der Waals surface area contributed by atoms with Crippen LogP contribution in [0, 0.1) is 0 Å². The summed E-state index contributed by atoms with van der Waals surface area (Å²) in [5.74, 6) is -14.6. The zero-order valence-corrected chi connectivity index (χ0v) is 48.3. The van der Waals surface area contributed by atoms with Crippen molar-refractivity contribution in [2.24, 2.45) is 0 Å². The zero-order chi connectivity index (χ0) is 65.9. The predicted molar refractivity (Wildman–Crippen MR) is 307 cm³/mol. The lowest BCUT2D eigenvalue weighted by atomic mass is 10.0. The number of H-pyrrole nitrogens is 1. The number of nitrogens with zero attached hydrogens (tertiary/aromatic N) is 5. The topological polar surface area (TPSA) is 539 Å². The van der Waals surface area contributed by atoms with Crippen LogP contribution in [0.3, 0.4) is 0 Å². The smallest absolute Gasteiger partial charge is 0.328 e. The monoisotopic (exact) mass is 1260 g/mol. The number of aliphatic hydroxyl groups is 2. The van der Waals surface area contributed by atoms with Gasteiger partial charge in [-0.15, -0.1) is 0 Å². The summed E-state index contributed by atoms with van der Waals surface area (Å²) in [6, 6.07) is -3.26. The number of hydrogen-bond acceptors (Lipinski definition) is 23. The summed E-state index contributed by atoms with van der Waals surface area (Å²) in [6.07, 6.45) is 0.930. The van der Waals surface area contributed by atoms with Crippen LogP contribution in [-0.4, -0.2) is 282 Å². The standard InChI is InChI=1S/C53H74N14O22/c1-29(47(81)60-33(19-31-21-54-28-57-31)50(84)62-35(26-68)51(85)61-32(18-30-6-3-2-4-7-30)49(83)63-36(27-69)52(86)87)58-48(82)34(20-39(71)72)59-38(70)22-56-44-43(45(79)46(44)80)55-9-5-8-37(53(88)89)67-16-14-65(24-41(75)76)12-10-64(23-40(73)74)11-13-66(15-17-67)25-42(77)78/h2-4,6-7,21,28-29,32-37,55-56,68-69H,5,8-20,22-27H2,1H3,(H,54,57)(H,58,82)(H,59,70)(H,60,81)(H,61,85)(H,62,84)(H,63,83)(H,71,72)(H,73,74)(H,75,76)(H,77,78)(H,86,87)(H,88,89)/t29-,32-,33-,34-,35-,36-,37?/m0/s1. The van der Waals surface area contributed by atoms with E-state index in [2.05, 4.69) is 52.5 Å². The highest BCUT2D eigenvalue weighted by Gasteiger charge is 2.35. The van der Waals surface area contributed by atoms with E-state index in [-0.39, 0.29) is 108 Å². The number of carbonyl (C=O) groups excluding carboxylic acids is 6. The molecule has 4 rings (SSSR count). The van der Waals surface area contributed by atoms with Crippen molar-refractivity contribution >= 4 is 82.6 Å². The Morgan fingerprint density at radius 1 is 0.539 bits per heavy atom. The number of carboxylic acids is 6. The van der Waals surface area contributed by atoms with E-state index in [1.807, 2.05) is 0 Å². The van der Waals surface area contributed by atoms with Gasteiger partial charge in [0.2, 0.25) is 35.4 Å². The molecule has 6 amide bonds. The van der Waals surface area contributed by atoms with Gasteiger partial charge in [-0.05, 0) is 25.3 Å². The summed E-state index contributed by atoms with van der Waals surface area (Å²) in [4.78, 5) is 190. The van der Waals surface area contributed by atoms with Gasteiger partial charge < -0.3 is 88.4 Å². The van der Waals surface area contributed by atoms with Crippen molar-refractivity contribution in [3.05, 3.63) is 74.6 Å². The number of carbonyl (C=O) groups is 12. The number of carboxylic acid groups (broad SMARTS) is 6. The first-order chi connectivity index (χ1) is 42.2. The number of anilines is 2. The van der Waals surface area contributed by atoms with Gasteiger partial charge in [-0.2, -0.15) is 0 Å². The molecule has 36 heteroatoms. The lowest BCUT2D eigenvalue weighted by Crippen LogP contribution is -2.60. The maximum absolute atomic E-state index is 13.8. The Hall–Kier alpha value is -9.49. The second-order valence-electron chi connectivity index (χ2n) is 20.6. The van der Waals surface area contributed by atoms with Crippen molar-refractivity contribution in [1.29, 1.82) is 0 Å². The maximum Gasteiger partial charge on any atom is 0.328 e. The molecule has 0 aliphatic carbocycles. The predicted octanol–water partition coefficient (Wildman–Crippen LogP) is -7.50. The fourth-order valence-electron chi connectivity index (χ4n) is 9.16. The van der Waals surface area contributed by atoms with Gasteiger partial charge in [-0.3, -0.25) is 81.9 Å². The Morgan fingerprint density at radius 2 is 1.01 bits per heavy atom. The molecule has 0 radical (unpaired) electrons. The van der Waals surface area contributed by atoms with E-state index in [0.29, 0.717) is 5.56 Å². The summed E-state index contributed by atoms with van der Waals surface area (Å²) >= 11 is 0. The van der Waals surface area contributed by atoms with E-state index in [4.69, 9.17) is 0 Å². The third-order valence-electron chi connectivity index (χ3n) is 13.9. The van der Waals surface area contributed by atoms with Crippen LogP contribution >= 0.6 is 0 Å². The molecule has 1 unspecified atom stereocenters. The molecular weight excluding hydrogens is 1180 g/mol.